The fourth-order valence-electron chi connectivity index (χ4n) is 3.71. The summed E-state index contributed by atoms with van der Waals surface area (Å²) < 4.78 is 5.25. The highest BCUT2D eigenvalue weighted by Crippen LogP contribution is 2.42. The lowest BCUT2D eigenvalue weighted by molar-refractivity contribution is -0.117. The van der Waals surface area contributed by atoms with Crippen LogP contribution in [0.25, 0.3) is 0 Å². The lowest BCUT2D eigenvalue weighted by atomic mass is 9.94. The van der Waals surface area contributed by atoms with Gasteiger partial charge in [0.05, 0.1) is 17.9 Å². The van der Waals surface area contributed by atoms with Crippen molar-refractivity contribution in [3.05, 3.63) is 95.1 Å². The van der Waals surface area contributed by atoms with Gasteiger partial charge in [0.1, 0.15) is 0 Å². The van der Waals surface area contributed by atoms with Crippen molar-refractivity contribution in [1.82, 2.24) is 0 Å². The highest BCUT2D eigenvalue weighted by atomic mass is 16.3. The number of ketones is 1. The number of hydrogen-bond donors (Lipinski definition) is 1. The van der Waals surface area contributed by atoms with Crippen LogP contribution in [0.3, 0.4) is 0 Å². The van der Waals surface area contributed by atoms with Crippen molar-refractivity contribution in [2.24, 2.45) is 0 Å². The first-order valence-electron chi connectivity index (χ1n) is 9.57. The normalized spacial score (nSPS) is 16.3. The van der Waals surface area contributed by atoms with Crippen LogP contribution in [-0.4, -0.2) is 30.9 Å². The monoisotopic (exact) mass is 402 g/mol. The number of furan rings is 1. The third kappa shape index (κ3) is 3.26. The zero-order chi connectivity index (χ0) is 21.4. The van der Waals surface area contributed by atoms with Gasteiger partial charge >= 0.3 is 0 Å². The largest absolute Gasteiger partial charge is 0.503 e. The first-order chi connectivity index (χ1) is 14.4. The molecule has 152 valence electrons. The number of anilines is 2. The van der Waals surface area contributed by atoms with Gasteiger partial charge in [0.2, 0.25) is 5.78 Å². The van der Waals surface area contributed by atoms with Gasteiger partial charge in [0.25, 0.3) is 5.91 Å². The van der Waals surface area contributed by atoms with Crippen molar-refractivity contribution in [1.29, 1.82) is 0 Å². The molecule has 0 aliphatic carbocycles. The number of aryl methyl sites for hydroxylation is 1. The van der Waals surface area contributed by atoms with Crippen molar-refractivity contribution >= 4 is 23.1 Å². The lowest BCUT2D eigenvalue weighted by Crippen LogP contribution is -2.31. The van der Waals surface area contributed by atoms with Crippen molar-refractivity contribution < 1.29 is 19.1 Å². The molecule has 1 aromatic heterocycles. The van der Waals surface area contributed by atoms with Crippen molar-refractivity contribution in [2.75, 3.05) is 23.9 Å². The molecule has 1 aliphatic rings. The maximum atomic E-state index is 13.2. The maximum Gasteiger partial charge on any atom is 0.294 e. The van der Waals surface area contributed by atoms with E-state index in [1.165, 1.54) is 17.2 Å². The third-order valence-electron chi connectivity index (χ3n) is 5.20. The van der Waals surface area contributed by atoms with E-state index < -0.39 is 23.5 Å². The summed E-state index contributed by atoms with van der Waals surface area (Å²) in [5.74, 6) is -1.61. The molecule has 4 rings (SSSR count). The van der Waals surface area contributed by atoms with E-state index in [2.05, 4.69) is 0 Å². The average molecular weight is 402 g/mol. The SMILES string of the molecule is Cc1cccc(C2C(C(=O)c3ccco3)=C(O)C(=O)N2c2ccc(N(C)C)cc2)c1. The van der Waals surface area contributed by atoms with E-state index in [9.17, 15) is 14.7 Å². The molecule has 30 heavy (non-hydrogen) atoms. The van der Waals surface area contributed by atoms with Gasteiger partial charge in [0.15, 0.2) is 11.5 Å². The molecule has 0 radical (unpaired) electrons. The minimum Gasteiger partial charge on any atom is -0.503 e. The van der Waals surface area contributed by atoms with Gasteiger partial charge in [-0.1, -0.05) is 29.8 Å². The van der Waals surface area contributed by atoms with E-state index in [4.69, 9.17) is 4.42 Å². The first kappa shape index (κ1) is 19.5. The number of nitrogens with zero attached hydrogens (tertiary/aromatic N) is 2. The molecule has 1 amide bonds. The summed E-state index contributed by atoms with van der Waals surface area (Å²) in [5.41, 5.74) is 3.29. The topological polar surface area (TPSA) is 74.0 Å². The summed E-state index contributed by atoms with van der Waals surface area (Å²) >= 11 is 0. The van der Waals surface area contributed by atoms with E-state index in [1.807, 2.05) is 74.4 Å². The molecule has 0 saturated heterocycles. The van der Waals surface area contributed by atoms with Crippen LogP contribution in [0.4, 0.5) is 11.4 Å². The number of aliphatic hydroxyl groups excluding tert-OH is 1. The van der Waals surface area contributed by atoms with Crippen LogP contribution >= 0.6 is 0 Å². The van der Waals surface area contributed by atoms with Gasteiger partial charge in [-0.3, -0.25) is 14.5 Å². The molecule has 1 N–H and O–H groups in total. The van der Waals surface area contributed by atoms with Crippen LogP contribution in [0.1, 0.15) is 27.7 Å². The molecule has 2 heterocycles. The van der Waals surface area contributed by atoms with Crippen LogP contribution in [0.5, 0.6) is 0 Å². The highest BCUT2D eigenvalue weighted by molar-refractivity contribution is 6.20. The van der Waals surface area contributed by atoms with E-state index in [1.54, 1.807) is 6.07 Å². The molecule has 0 fully saturated rings. The summed E-state index contributed by atoms with van der Waals surface area (Å²) in [6, 6.07) is 17.3. The zero-order valence-electron chi connectivity index (χ0n) is 17.0. The van der Waals surface area contributed by atoms with E-state index in [0.29, 0.717) is 5.69 Å². The second-order valence-electron chi connectivity index (χ2n) is 7.47. The van der Waals surface area contributed by atoms with Gasteiger partial charge in [-0.25, -0.2) is 0 Å². The van der Waals surface area contributed by atoms with Gasteiger partial charge in [-0.2, -0.15) is 0 Å². The van der Waals surface area contributed by atoms with Gasteiger partial charge in [-0.15, -0.1) is 0 Å². The molecule has 1 atom stereocenters. The zero-order valence-corrected chi connectivity index (χ0v) is 17.0. The van der Waals surface area contributed by atoms with Gasteiger partial charge < -0.3 is 14.4 Å². The maximum absolute atomic E-state index is 13.2. The Morgan fingerprint density at radius 2 is 1.80 bits per heavy atom. The molecule has 0 bridgehead atoms. The second-order valence-corrected chi connectivity index (χ2v) is 7.47. The minimum absolute atomic E-state index is 0.0113. The smallest absolute Gasteiger partial charge is 0.294 e. The average Bonchev–Trinajstić information content (AvgIpc) is 3.35. The molecule has 0 saturated carbocycles. The molecule has 6 heteroatoms. The second kappa shape index (κ2) is 7.55. The van der Waals surface area contributed by atoms with Gasteiger partial charge in [0, 0.05) is 25.5 Å². The quantitative estimate of drug-likeness (QED) is 0.639. The molecular weight excluding hydrogens is 380 g/mol. The summed E-state index contributed by atoms with van der Waals surface area (Å²) in [4.78, 5) is 29.7. The summed E-state index contributed by atoms with van der Waals surface area (Å²) in [6.07, 6.45) is 1.39. The number of amides is 1. The van der Waals surface area contributed by atoms with E-state index in [0.717, 1.165) is 16.8 Å². The number of aliphatic hydroxyl groups is 1. The van der Waals surface area contributed by atoms with Crippen LogP contribution in [0, 0.1) is 6.92 Å². The molecule has 2 aromatic carbocycles. The fourth-order valence-corrected chi connectivity index (χ4v) is 3.71. The minimum atomic E-state index is -0.764. The molecule has 6 nitrogen and oxygen atoms in total. The summed E-state index contributed by atoms with van der Waals surface area (Å²) in [5, 5.41) is 10.7. The Morgan fingerprint density at radius 1 is 1.07 bits per heavy atom. The number of Topliss-reactive ketones (excluding diaryl/α,β-unsaturated/α-hetero) is 1. The Labute approximate surface area is 174 Å². The molecular formula is C24H22N2O4. The Morgan fingerprint density at radius 3 is 2.40 bits per heavy atom. The van der Waals surface area contributed by atoms with E-state index in [-0.39, 0.29) is 11.3 Å². The van der Waals surface area contributed by atoms with Crippen LogP contribution in [0.2, 0.25) is 0 Å². The van der Waals surface area contributed by atoms with Crippen LogP contribution in [0.15, 0.2) is 82.7 Å². The predicted octanol–water partition coefficient (Wildman–Crippen LogP) is 4.44. The first-order valence-corrected chi connectivity index (χ1v) is 9.57. The summed E-state index contributed by atoms with van der Waals surface area (Å²) in [7, 11) is 3.86. The summed E-state index contributed by atoms with van der Waals surface area (Å²) in [6.45, 7) is 1.94. The van der Waals surface area contributed by atoms with Crippen LogP contribution < -0.4 is 9.80 Å². The van der Waals surface area contributed by atoms with Crippen molar-refractivity contribution in [3.8, 4) is 0 Å². The van der Waals surface area contributed by atoms with Crippen molar-refractivity contribution in [3.63, 3.8) is 0 Å². The number of carbonyl (C=O) groups is 2. The number of rotatable bonds is 5. The van der Waals surface area contributed by atoms with Crippen molar-refractivity contribution in [2.45, 2.75) is 13.0 Å². The lowest BCUT2D eigenvalue weighted by Gasteiger charge is -2.27. The molecule has 0 spiro atoms. The fraction of sp³-hybridized carbons (Fsp3) is 0.167. The highest BCUT2D eigenvalue weighted by Gasteiger charge is 2.45. The van der Waals surface area contributed by atoms with Gasteiger partial charge in [-0.05, 0) is 48.9 Å². The molecule has 3 aromatic rings. The Hall–Kier alpha value is -3.80. The number of benzene rings is 2. The Balaban J connectivity index is 1.85. The Kier molecular flexibility index (Phi) is 4.91. The molecule has 1 unspecified atom stereocenters. The molecule has 1 aliphatic heterocycles. The number of hydrogen-bond acceptors (Lipinski definition) is 5. The number of carbonyl (C=O) groups excluding carboxylic acids is 2. The third-order valence-corrected chi connectivity index (χ3v) is 5.20. The predicted molar refractivity (Wildman–Crippen MR) is 115 cm³/mol. The van der Waals surface area contributed by atoms with E-state index >= 15 is 0 Å². The van der Waals surface area contributed by atoms with Crippen LogP contribution in [-0.2, 0) is 4.79 Å². The standard InChI is InChI=1S/C24H22N2O4/c1-15-6-4-7-16(14-15)21-20(22(27)19-8-5-13-30-19)23(28)24(29)26(21)18-11-9-17(10-12-18)25(2)3/h4-14,21,28H,1-3H3. The Bertz CT molecular complexity index is 1130.